The van der Waals surface area contributed by atoms with E-state index >= 15 is 0 Å². The molecule has 0 radical (unpaired) electrons. The standard InChI is InChI=1S/C12H14ClN5O2S/c1-4-8-5-14-11(21-8)7(3)15-10-9(18(19)20)6(2)16-12(13)17-10/h5,7H,4H2,1-3H3,(H,15,16,17). The van der Waals surface area contributed by atoms with Crippen molar-refractivity contribution in [1.82, 2.24) is 15.0 Å². The predicted molar refractivity (Wildman–Crippen MR) is 82.0 cm³/mol. The zero-order chi connectivity index (χ0) is 15.6. The van der Waals surface area contributed by atoms with Gasteiger partial charge < -0.3 is 5.32 Å². The zero-order valence-corrected chi connectivity index (χ0v) is 13.3. The van der Waals surface area contributed by atoms with Crippen LogP contribution in [-0.4, -0.2) is 19.9 Å². The normalized spacial score (nSPS) is 12.2. The number of nitrogens with one attached hydrogen (secondary N) is 1. The fourth-order valence-corrected chi connectivity index (χ4v) is 2.88. The summed E-state index contributed by atoms with van der Waals surface area (Å²) in [5.74, 6) is 0.109. The average molecular weight is 328 g/mol. The van der Waals surface area contributed by atoms with Crippen LogP contribution in [0.25, 0.3) is 0 Å². The molecule has 1 unspecified atom stereocenters. The number of thiazole rings is 1. The average Bonchev–Trinajstić information content (AvgIpc) is 2.85. The number of nitrogens with zero attached hydrogens (tertiary/aromatic N) is 4. The number of nitro groups is 1. The van der Waals surface area contributed by atoms with E-state index in [0.717, 1.165) is 16.3 Å². The molecule has 9 heteroatoms. The molecule has 7 nitrogen and oxygen atoms in total. The molecule has 21 heavy (non-hydrogen) atoms. The molecule has 2 heterocycles. The van der Waals surface area contributed by atoms with E-state index in [-0.39, 0.29) is 28.5 Å². The first kappa shape index (κ1) is 15.6. The van der Waals surface area contributed by atoms with Gasteiger partial charge in [0.15, 0.2) is 0 Å². The van der Waals surface area contributed by atoms with Crippen LogP contribution in [0.3, 0.4) is 0 Å². The van der Waals surface area contributed by atoms with Gasteiger partial charge in [0.2, 0.25) is 11.1 Å². The van der Waals surface area contributed by atoms with Crippen molar-refractivity contribution in [3.8, 4) is 0 Å². The van der Waals surface area contributed by atoms with Crippen molar-refractivity contribution in [3.05, 3.63) is 37.2 Å². The lowest BCUT2D eigenvalue weighted by atomic mass is 10.3. The van der Waals surface area contributed by atoms with Gasteiger partial charge in [-0.15, -0.1) is 11.3 Å². The Balaban J connectivity index is 2.32. The van der Waals surface area contributed by atoms with Gasteiger partial charge in [-0.05, 0) is 31.9 Å². The number of halogens is 1. The Hall–Kier alpha value is -1.80. The van der Waals surface area contributed by atoms with E-state index < -0.39 is 4.92 Å². The molecule has 112 valence electrons. The van der Waals surface area contributed by atoms with E-state index in [1.165, 1.54) is 6.92 Å². The summed E-state index contributed by atoms with van der Waals surface area (Å²) in [6, 6.07) is -0.209. The Morgan fingerprint density at radius 1 is 1.52 bits per heavy atom. The Labute approximate surface area is 130 Å². The fourth-order valence-electron chi connectivity index (χ4n) is 1.81. The number of aryl methyl sites for hydroxylation is 2. The summed E-state index contributed by atoms with van der Waals surface area (Å²) < 4.78 is 0. The van der Waals surface area contributed by atoms with Crippen LogP contribution in [0.5, 0.6) is 0 Å². The van der Waals surface area contributed by atoms with Gasteiger partial charge in [0, 0.05) is 11.1 Å². The van der Waals surface area contributed by atoms with Crippen molar-refractivity contribution >= 4 is 34.4 Å². The van der Waals surface area contributed by atoms with E-state index in [4.69, 9.17) is 11.6 Å². The minimum Gasteiger partial charge on any atom is -0.355 e. The van der Waals surface area contributed by atoms with Crippen molar-refractivity contribution < 1.29 is 4.92 Å². The Morgan fingerprint density at radius 2 is 2.24 bits per heavy atom. The van der Waals surface area contributed by atoms with E-state index in [0.29, 0.717) is 0 Å². The van der Waals surface area contributed by atoms with Gasteiger partial charge in [-0.2, -0.15) is 4.98 Å². The number of rotatable bonds is 5. The molecule has 0 spiro atoms. The highest BCUT2D eigenvalue weighted by atomic mass is 35.5. The SMILES string of the molecule is CCc1cnc(C(C)Nc2nc(Cl)nc(C)c2[N+](=O)[O-])s1. The Morgan fingerprint density at radius 3 is 2.81 bits per heavy atom. The van der Waals surface area contributed by atoms with Gasteiger partial charge in [0.05, 0.1) is 11.0 Å². The Kier molecular flexibility index (Phi) is 4.69. The third-order valence-electron chi connectivity index (χ3n) is 2.86. The van der Waals surface area contributed by atoms with Gasteiger partial charge >= 0.3 is 5.69 Å². The third kappa shape index (κ3) is 3.45. The summed E-state index contributed by atoms with van der Waals surface area (Å²) in [6.07, 6.45) is 2.72. The molecule has 0 saturated carbocycles. The van der Waals surface area contributed by atoms with Crippen molar-refractivity contribution in [2.24, 2.45) is 0 Å². The van der Waals surface area contributed by atoms with Crippen LogP contribution in [0, 0.1) is 17.0 Å². The number of anilines is 1. The van der Waals surface area contributed by atoms with Crippen molar-refractivity contribution in [2.45, 2.75) is 33.2 Å². The predicted octanol–water partition coefficient (Wildman–Crippen LogP) is 3.54. The van der Waals surface area contributed by atoms with Crippen LogP contribution >= 0.6 is 22.9 Å². The molecule has 2 aromatic heterocycles. The summed E-state index contributed by atoms with van der Waals surface area (Å²) in [5, 5.41) is 15.0. The molecule has 0 aromatic carbocycles. The van der Waals surface area contributed by atoms with Gasteiger partial charge in [-0.25, -0.2) is 9.97 Å². The van der Waals surface area contributed by atoms with E-state index in [1.54, 1.807) is 11.3 Å². The summed E-state index contributed by atoms with van der Waals surface area (Å²) in [6.45, 7) is 5.45. The monoisotopic (exact) mass is 327 g/mol. The second-order valence-corrected chi connectivity index (χ2v) is 5.90. The maximum absolute atomic E-state index is 11.2. The van der Waals surface area contributed by atoms with E-state index in [9.17, 15) is 10.1 Å². The number of hydrogen-bond donors (Lipinski definition) is 1. The maximum atomic E-state index is 11.2. The Bertz CT molecular complexity index is 676. The van der Waals surface area contributed by atoms with Gasteiger partial charge in [0.1, 0.15) is 10.7 Å². The first-order valence-corrected chi connectivity index (χ1v) is 7.51. The fraction of sp³-hybridized carbons (Fsp3) is 0.417. The molecular formula is C12H14ClN5O2S. The highest BCUT2D eigenvalue weighted by molar-refractivity contribution is 7.11. The molecule has 0 saturated heterocycles. The van der Waals surface area contributed by atoms with E-state index in [1.807, 2.05) is 20.0 Å². The molecule has 2 rings (SSSR count). The summed E-state index contributed by atoms with van der Waals surface area (Å²) in [4.78, 5) is 23.8. The van der Waals surface area contributed by atoms with Crippen molar-refractivity contribution in [1.29, 1.82) is 0 Å². The maximum Gasteiger partial charge on any atom is 0.332 e. The number of aromatic nitrogens is 3. The largest absolute Gasteiger partial charge is 0.355 e. The second-order valence-electron chi connectivity index (χ2n) is 4.42. The van der Waals surface area contributed by atoms with Crippen LogP contribution < -0.4 is 5.32 Å². The smallest absolute Gasteiger partial charge is 0.332 e. The second kappa shape index (κ2) is 6.31. The van der Waals surface area contributed by atoms with Crippen molar-refractivity contribution in [2.75, 3.05) is 5.32 Å². The first-order valence-electron chi connectivity index (χ1n) is 6.32. The summed E-state index contributed by atoms with van der Waals surface area (Å²) in [5.41, 5.74) is 0.0570. The van der Waals surface area contributed by atoms with Gasteiger partial charge in [-0.3, -0.25) is 10.1 Å². The molecular weight excluding hydrogens is 314 g/mol. The minimum absolute atomic E-state index is 0.0267. The molecule has 0 aliphatic carbocycles. The highest BCUT2D eigenvalue weighted by Gasteiger charge is 2.23. The highest BCUT2D eigenvalue weighted by Crippen LogP contribution is 2.30. The van der Waals surface area contributed by atoms with Gasteiger partial charge in [-0.1, -0.05) is 6.92 Å². The first-order chi connectivity index (χ1) is 9.92. The van der Waals surface area contributed by atoms with Crippen molar-refractivity contribution in [3.63, 3.8) is 0 Å². The molecule has 1 N–H and O–H groups in total. The molecule has 2 aromatic rings. The van der Waals surface area contributed by atoms with Crippen LogP contribution in [0.1, 0.15) is 35.5 Å². The lowest BCUT2D eigenvalue weighted by Gasteiger charge is -2.12. The van der Waals surface area contributed by atoms with Crippen LogP contribution in [-0.2, 0) is 6.42 Å². The minimum atomic E-state index is -0.514. The lowest BCUT2D eigenvalue weighted by Crippen LogP contribution is -2.11. The molecule has 0 aliphatic rings. The summed E-state index contributed by atoms with van der Waals surface area (Å²) in [7, 11) is 0. The van der Waals surface area contributed by atoms with E-state index in [2.05, 4.69) is 20.3 Å². The molecule has 0 bridgehead atoms. The van der Waals surface area contributed by atoms with Gasteiger partial charge in [0.25, 0.3) is 0 Å². The zero-order valence-electron chi connectivity index (χ0n) is 11.8. The van der Waals surface area contributed by atoms with Crippen LogP contribution in [0.15, 0.2) is 6.20 Å². The molecule has 0 amide bonds. The third-order valence-corrected chi connectivity index (χ3v) is 4.35. The van der Waals surface area contributed by atoms with Crippen LogP contribution in [0.4, 0.5) is 11.5 Å². The quantitative estimate of drug-likeness (QED) is 0.513. The summed E-state index contributed by atoms with van der Waals surface area (Å²) >= 11 is 7.35. The van der Waals surface area contributed by atoms with Crippen LogP contribution in [0.2, 0.25) is 5.28 Å². The molecule has 0 fully saturated rings. The topological polar surface area (TPSA) is 93.8 Å². The molecule has 1 atom stereocenters. The lowest BCUT2D eigenvalue weighted by molar-refractivity contribution is -0.385. The molecule has 0 aliphatic heterocycles. The number of hydrogen-bond acceptors (Lipinski definition) is 7.